The lowest BCUT2D eigenvalue weighted by Crippen LogP contribution is -2.32. The predicted octanol–water partition coefficient (Wildman–Crippen LogP) is 0.882. The van der Waals surface area contributed by atoms with Crippen LogP contribution in [0.5, 0.6) is 0 Å². The third-order valence-corrected chi connectivity index (χ3v) is 6.13. The number of hydrogen-bond acceptors (Lipinski definition) is 7. The van der Waals surface area contributed by atoms with Gasteiger partial charge in [0, 0.05) is 37.8 Å². The maximum absolute atomic E-state index is 12.6. The maximum atomic E-state index is 12.6. The lowest BCUT2D eigenvalue weighted by atomic mass is 10.2. The van der Waals surface area contributed by atoms with Crippen LogP contribution in [0.15, 0.2) is 32.5 Å². The van der Waals surface area contributed by atoms with Gasteiger partial charge in [0.05, 0.1) is 4.90 Å². The number of rotatable bonds is 9. The van der Waals surface area contributed by atoms with Gasteiger partial charge in [0.2, 0.25) is 15.9 Å². The fourth-order valence-electron chi connectivity index (χ4n) is 2.46. The fraction of sp³-hybridized carbons (Fsp3) is 0.562. The molecule has 2 rings (SSSR count). The second-order valence-electron chi connectivity index (χ2n) is 5.92. The van der Waals surface area contributed by atoms with E-state index in [1.54, 1.807) is 13.8 Å². The maximum Gasteiger partial charge on any atom is 0.251 e. The zero-order chi connectivity index (χ0) is 19.3. The summed E-state index contributed by atoms with van der Waals surface area (Å²) in [5.41, 5.74) is -0.341. The van der Waals surface area contributed by atoms with E-state index in [0.717, 1.165) is 0 Å². The fourth-order valence-corrected chi connectivity index (χ4v) is 3.94. The quantitative estimate of drug-likeness (QED) is 0.642. The third kappa shape index (κ3) is 5.61. The van der Waals surface area contributed by atoms with Crippen molar-refractivity contribution in [2.75, 3.05) is 20.1 Å². The van der Waals surface area contributed by atoms with Gasteiger partial charge in [-0.05, 0) is 20.0 Å². The summed E-state index contributed by atoms with van der Waals surface area (Å²) in [5, 5.41) is 6.97. The van der Waals surface area contributed by atoms with Gasteiger partial charge in [-0.3, -0.25) is 4.79 Å². The Morgan fingerprint density at radius 2 is 1.96 bits per heavy atom. The molecule has 27 heavy (non-hydrogen) atoms. The molecule has 1 atom stereocenters. The van der Waals surface area contributed by atoms with Crippen molar-refractivity contribution < 1.29 is 12.9 Å². The molecule has 0 aromatic carbocycles. The van der Waals surface area contributed by atoms with E-state index in [9.17, 15) is 13.2 Å². The van der Waals surface area contributed by atoms with Gasteiger partial charge < -0.3 is 14.4 Å². The van der Waals surface area contributed by atoms with Crippen LogP contribution in [0.4, 0.5) is 0 Å². The highest BCUT2D eigenvalue weighted by atomic mass is 35.5. The Morgan fingerprint density at radius 3 is 2.56 bits per heavy atom. The van der Waals surface area contributed by atoms with Gasteiger partial charge in [-0.1, -0.05) is 19.0 Å². The molecule has 0 fully saturated rings. The zero-order valence-electron chi connectivity index (χ0n) is 15.9. The van der Waals surface area contributed by atoms with Crippen molar-refractivity contribution in [1.82, 2.24) is 24.3 Å². The Morgan fingerprint density at radius 1 is 1.30 bits per heavy atom. The first-order valence-electron chi connectivity index (χ1n) is 8.51. The first-order valence-corrected chi connectivity index (χ1v) is 9.95. The smallest absolute Gasteiger partial charge is 0.251 e. The number of likely N-dealkylation sites (N-methyl/N-ethyl adjacent to an activating group) is 1. The average molecular weight is 420 g/mol. The SMILES string of the molecule is CCN(CC)S(=O)(=O)c1ccc(=O)n(Cc2nc(CC(C)NC)no2)c1.Cl. The highest BCUT2D eigenvalue weighted by molar-refractivity contribution is 7.89. The number of nitrogens with zero attached hydrogens (tertiary/aromatic N) is 4. The average Bonchev–Trinajstić information content (AvgIpc) is 3.04. The van der Waals surface area contributed by atoms with Crippen molar-refractivity contribution >= 4 is 22.4 Å². The van der Waals surface area contributed by atoms with E-state index in [-0.39, 0.29) is 41.3 Å². The van der Waals surface area contributed by atoms with Crippen molar-refractivity contribution in [1.29, 1.82) is 0 Å². The summed E-state index contributed by atoms with van der Waals surface area (Å²) in [6, 6.07) is 2.74. The number of halogens is 1. The van der Waals surface area contributed by atoms with Crippen molar-refractivity contribution in [3.63, 3.8) is 0 Å². The summed E-state index contributed by atoms with van der Waals surface area (Å²) in [5.74, 6) is 0.782. The minimum Gasteiger partial charge on any atom is -0.337 e. The van der Waals surface area contributed by atoms with Crippen LogP contribution in [0.3, 0.4) is 0 Å². The van der Waals surface area contributed by atoms with Gasteiger partial charge in [0.15, 0.2) is 5.82 Å². The van der Waals surface area contributed by atoms with Crippen molar-refractivity contribution in [2.45, 2.75) is 44.7 Å². The largest absolute Gasteiger partial charge is 0.337 e. The summed E-state index contributed by atoms with van der Waals surface area (Å²) in [4.78, 5) is 16.4. The highest BCUT2D eigenvalue weighted by Crippen LogP contribution is 2.14. The zero-order valence-corrected chi connectivity index (χ0v) is 17.5. The van der Waals surface area contributed by atoms with Crippen molar-refractivity contribution in [2.24, 2.45) is 0 Å². The summed E-state index contributed by atoms with van der Waals surface area (Å²) in [6.07, 6.45) is 1.90. The number of sulfonamides is 1. The van der Waals surface area contributed by atoms with Crippen LogP contribution in [0, 0.1) is 0 Å². The number of aromatic nitrogens is 3. The molecule has 0 amide bonds. The summed E-state index contributed by atoms with van der Waals surface area (Å²) in [7, 11) is -1.81. The van der Waals surface area contributed by atoms with Gasteiger partial charge in [-0.2, -0.15) is 9.29 Å². The number of hydrogen-bond donors (Lipinski definition) is 1. The molecular formula is C16H26ClN5O4S. The van der Waals surface area contributed by atoms with Crippen molar-refractivity contribution in [3.8, 4) is 0 Å². The van der Waals surface area contributed by atoms with Crippen LogP contribution in [0.25, 0.3) is 0 Å². The van der Waals surface area contributed by atoms with E-state index in [1.165, 1.54) is 27.2 Å². The van der Waals surface area contributed by atoms with Crippen molar-refractivity contribution in [3.05, 3.63) is 40.4 Å². The van der Waals surface area contributed by atoms with Gasteiger partial charge in [0.25, 0.3) is 5.56 Å². The lowest BCUT2D eigenvalue weighted by Gasteiger charge is -2.18. The van der Waals surface area contributed by atoms with Crippen LogP contribution >= 0.6 is 12.4 Å². The molecule has 0 aliphatic heterocycles. The molecule has 9 nitrogen and oxygen atoms in total. The number of nitrogens with one attached hydrogen (secondary N) is 1. The molecule has 0 aliphatic carbocycles. The molecule has 1 unspecified atom stereocenters. The first kappa shape index (κ1) is 23.3. The Bertz CT molecular complexity index is 892. The van der Waals surface area contributed by atoms with E-state index in [1.807, 2.05) is 14.0 Å². The molecule has 2 aromatic rings. The van der Waals surface area contributed by atoms with Crippen LogP contribution in [0.2, 0.25) is 0 Å². The lowest BCUT2D eigenvalue weighted by molar-refractivity contribution is 0.362. The molecule has 0 saturated heterocycles. The highest BCUT2D eigenvalue weighted by Gasteiger charge is 2.22. The third-order valence-electron chi connectivity index (χ3n) is 4.10. The van der Waals surface area contributed by atoms with Crippen LogP contribution in [0.1, 0.15) is 32.5 Å². The topological polar surface area (TPSA) is 110 Å². The minimum absolute atomic E-state index is 0. The van der Waals surface area contributed by atoms with Crippen LogP contribution < -0.4 is 10.9 Å². The number of pyridine rings is 1. The molecular weight excluding hydrogens is 394 g/mol. The Kier molecular flexibility index (Phi) is 8.60. The van der Waals surface area contributed by atoms with E-state index in [4.69, 9.17) is 4.52 Å². The summed E-state index contributed by atoms with van der Waals surface area (Å²) >= 11 is 0. The van der Waals surface area contributed by atoms with Gasteiger partial charge in [-0.25, -0.2) is 8.42 Å². The minimum atomic E-state index is -3.65. The molecule has 11 heteroatoms. The molecule has 2 heterocycles. The Balaban J connectivity index is 0.00000364. The predicted molar refractivity (Wildman–Crippen MR) is 104 cm³/mol. The summed E-state index contributed by atoms with van der Waals surface area (Å²) in [6.45, 7) is 6.25. The second kappa shape index (κ2) is 9.98. The molecule has 2 aromatic heterocycles. The molecule has 0 spiro atoms. The molecule has 0 saturated carbocycles. The molecule has 0 radical (unpaired) electrons. The molecule has 1 N–H and O–H groups in total. The molecule has 0 aliphatic rings. The van der Waals surface area contributed by atoms with Gasteiger partial charge in [-0.15, -0.1) is 12.4 Å². The molecule has 152 valence electrons. The monoisotopic (exact) mass is 419 g/mol. The Labute approximate surface area is 165 Å². The van der Waals surface area contributed by atoms with E-state index >= 15 is 0 Å². The molecule has 0 bridgehead atoms. The van der Waals surface area contributed by atoms with Gasteiger partial charge >= 0.3 is 0 Å². The van der Waals surface area contributed by atoms with Crippen LogP contribution in [-0.2, 0) is 23.0 Å². The summed E-state index contributed by atoms with van der Waals surface area (Å²) < 4.78 is 33.0. The van der Waals surface area contributed by atoms with E-state index in [0.29, 0.717) is 25.3 Å². The van der Waals surface area contributed by atoms with E-state index in [2.05, 4.69) is 15.5 Å². The standard InChI is InChI=1S/C16H25N5O4S.ClH/c1-5-21(6-2)26(23,24)13-7-8-16(22)20(10-13)11-15-18-14(19-25-15)9-12(3)17-4;/h7-8,10,12,17H,5-6,9,11H2,1-4H3;1H. The second-order valence-corrected chi connectivity index (χ2v) is 7.86. The van der Waals surface area contributed by atoms with Crippen LogP contribution in [-0.4, -0.2) is 53.6 Å². The Hall–Kier alpha value is -1.75. The van der Waals surface area contributed by atoms with Gasteiger partial charge in [0.1, 0.15) is 6.54 Å². The van der Waals surface area contributed by atoms with E-state index < -0.39 is 10.0 Å². The normalized spacial score (nSPS) is 12.8. The first-order chi connectivity index (χ1) is 12.3.